The highest BCUT2D eigenvalue weighted by molar-refractivity contribution is 5.86. The molecule has 5 nitrogen and oxygen atoms in total. The fraction of sp³-hybridized carbons (Fsp3) is 0.278. The van der Waals surface area contributed by atoms with Gasteiger partial charge in [0.2, 0.25) is 0 Å². The van der Waals surface area contributed by atoms with E-state index in [9.17, 15) is 23.2 Å². The number of nitrogens with zero attached hydrogens (tertiary/aromatic N) is 1. The lowest BCUT2D eigenvalue weighted by Crippen LogP contribution is -2.28. The maximum absolute atomic E-state index is 14.0. The zero-order valence-electron chi connectivity index (χ0n) is 14.2. The second kappa shape index (κ2) is 8.57. The predicted octanol–water partition coefficient (Wildman–Crippen LogP) is 4.87. The molecule has 1 N–H and O–H groups in total. The maximum atomic E-state index is 14.0. The van der Waals surface area contributed by atoms with Crippen molar-refractivity contribution in [1.29, 1.82) is 0 Å². The highest BCUT2D eigenvalue weighted by Gasteiger charge is 2.23. The summed E-state index contributed by atoms with van der Waals surface area (Å²) in [4.78, 5) is 11.5. The lowest BCUT2D eigenvalue weighted by atomic mass is 10.1. The van der Waals surface area contributed by atoms with Crippen molar-refractivity contribution < 1.29 is 32.6 Å². The highest BCUT2D eigenvalue weighted by atomic mass is 19.3. The van der Waals surface area contributed by atoms with Crippen molar-refractivity contribution in [2.75, 3.05) is 12.2 Å². The molecule has 0 saturated heterocycles. The molecule has 0 atom stereocenters. The van der Waals surface area contributed by atoms with E-state index in [0.717, 1.165) is 18.7 Å². The number of methoxy groups -OCH3 is 1. The zero-order chi connectivity index (χ0) is 19.3. The Morgan fingerprint density at radius 1 is 1.27 bits per heavy atom. The Balaban J connectivity index is 2.36. The first kappa shape index (κ1) is 19.6. The summed E-state index contributed by atoms with van der Waals surface area (Å²) in [6, 6.07) is 7.98. The zero-order valence-corrected chi connectivity index (χ0v) is 14.2. The third kappa shape index (κ3) is 4.26. The smallest absolute Gasteiger partial charge is 0.438 e. The lowest BCUT2D eigenvalue weighted by Gasteiger charge is -2.20. The van der Waals surface area contributed by atoms with E-state index in [1.165, 1.54) is 24.3 Å². The van der Waals surface area contributed by atoms with Crippen LogP contribution in [0, 0.1) is 5.82 Å². The summed E-state index contributed by atoms with van der Waals surface area (Å²) in [5.74, 6) is -0.756. The van der Waals surface area contributed by atoms with Crippen molar-refractivity contribution in [2.45, 2.75) is 26.4 Å². The van der Waals surface area contributed by atoms with Crippen molar-refractivity contribution in [3.63, 3.8) is 0 Å². The summed E-state index contributed by atoms with van der Waals surface area (Å²) in [5.41, 5.74) is -0.0820. The molecular formula is C18H18F3NO4. The van der Waals surface area contributed by atoms with Crippen LogP contribution in [-0.4, -0.2) is 18.4 Å². The van der Waals surface area contributed by atoms with Gasteiger partial charge in [-0.3, -0.25) is 5.21 Å². The molecule has 0 aromatic heterocycles. The number of benzene rings is 2. The minimum absolute atomic E-state index is 0.0983. The Morgan fingerprint density at radius 3 is 2.58 bits per heavy atom. The molecule has 0 heterocycles. The molecule has 0 aliphatic rings. The first-order chi connectivity index (χ1) is 12.4. The maximum Gasteiger partial charge on any atom is 0.438 e. The molecule has 140 valence electrons. The summed E-state index contributed by atoms with van der Waals surface area (Å²) in [6.07, 6.45) is -3.41. The van der Waals surface area contributed by atoms with Crippen LogP contribution >= 0.6 is 0 Å². The summed E-state index contributed by atoms with van der Waals surface area (Å²) in [7, 11) is 1.03. The molecule has 26 heavy (non-hydrogen) atoms. The number of rotatable bonds is 6. The highest BCUT2D eigenvalue weighted by Crippen LogP contribution is 2.32. The van der Waals surface area contributed by atoms with Crippen LogP contribution < -0.4 is 9.80 Å². The second-order valence-corrected chi connectivity index (χ2v) is 5.33. The van der Waals surface area contributed by atoms with Crippen LogP contribution in [0.15, 0.2) is 36.4 Å². The van der Waals surface area contributed by atoms with Crippen LogP contribution in [0.1, 0.15) is 30.0 Å². The van der Waals surface area contributed by atoms with Gasteiger partial charge in [-0.25, -0.2) is 18.0 Å². The minimum Gasteiger partial charge on any atom is -0.486 e. The van der Waals surface area contributed by atoms with Gasteiger partial charge in [0.25, 0.3) is 6.43 Å². The van der Waals surface area contributed by atoms with Gasteiger partial charge < -0.3 is 9.47 Å². The Morgan fingerprint density at radius 2 is 2.00 bits per heavy atom. The third-order valence-electron chi connectivity index (χ3n) is 3.77. The van der Waals surface area contributed by atoms with Crippen molar-refractivity contribution in [1.82, 2.24) is 0 Å². The molecule has 0 aliphatic carbocycles. The van der Waals surface area contributed by atoms with E-state index in [1.54, 1.807) is 6.07 Å². The molecule has 8 heteroatoms. The van der Waals surface area contributed by atoms with Gasteiger partial charge in [0.15, 0.2) is 11.6 Å². The van der Waals surface area contributed by atoms with Gasteiger partial charge in [0, 0.05) is 11.1 Å². The molecule has 0 spiro atoms. The molecule has 0 fully saturated rings. The molecule has 0 aliphatic heterocycles. The standard InChI is InChI=1S/C18H18F3NO4/c1-3-11-7-8-16(14(19)9-11)26-10-13-12(17(20)21)5-4-6-15(13)22(24)18(23)25-2/h4-9,17,24H,3,10H2,1-2H3. The van der Waals surface area contributed by atoms with E-state index in [0.29, 0.717) is 6.42 Å². The molecular weight excluding hydrogens is 351 g/mol. The number of hydrogen-bond donors (Lipinski definition) is 1. The largest absolute Gasteiger partial charge is 0.486 e. The third-order valence-corrected chi connectivity index (χ3v) is 3.77. The number of alkyl halides is 2. The van der Waals surface area contributed by atoms with E-state index in [-0.39, 0.29) is 22.1 Å². The Kier molecular flexibility index (Phi) is 6.46. The second-order valence-electron chi connectivity index (χ2n) is 5.33. The molecule has 0 unspecified atom stereocenters. The van der Waals surface area contributed by atoms with Crippen LogP contribution in [0.3, 0.4) is 0 Å². The number of ether oxygens (including phenoxy) is 2. The molecule has 0 bridgehead atoms. The number of halogens is 3. The molecule has 0 saturated carbocycles. The van der Waals surface area contributed by atoms with E-state index in [2.05, 4.69) is 4.74 Å². The van der Waals surface area contributed by atoms with Gasteiger partial charge in [-0.2, -0.15) is 5.06 Å². The first-order valence-electron chi connectivity index (χ1n) is 7.77. The average Bonchev–Trinajstić information content (AvgIpc) is 2.65. The van der Waals surface area contributed by atoms with Gasteiger partial charge in [-0.15, -0.1) is 0 Å². The number of hydrogen-bond acceptors (Lipinski definition) is 4. The number of carbonyl (C=O) groups is 1. The number of aryl methyl sites for hydroxylation is 1. The van der Waals surface area contributed by atoms with Gasteiger partial charge in [-0.1, -0.05) is 25.1 Å². The van der Waals surface area contributed by atoms with Crippen molar-refractivity contribution in [3.05, 3.63) is 58.9 Å². The fourth-order valence-electron chi connectivity index (χ4n) is 2.37. The number of carbonyl (C=O) groups excluding carboxylic acids is 1. The SMILES string of the molecule is CCc1ccc(OCc2c(C(F)F)cccc2N(O)C(=O)OC)c(F)c1. The van der Waals surface area contributed by atoms with Crippen LogP contribution in [-0.2, 0) is 17.8 Å². The molecule has 1 amide bonds. The quantitative estimate of drug-likeness (QED) is 0.583. The summed E-state index contributed by atoms with van der Waals surface area (Å²) in [5, 5.41) is 9.98. The molecule has 2 rings (SSSR count). The van der Waals surface area contributed by atoms with Crippen LogP contribution in [0.25, 0.3) is 0 Å². The summed E-state index contributed by atoms with van der Waals surface area (Å²) in [6.45, 7) is 1.38. The normalized spacial score (nSPS) is 10.7. The van der Waals surface area contributed by atoms with Crippen LogP contribution in [0.5, 0.6) is 5.75 Å². The summed E-state index contributed by atoms with van der Waals surface area (Å²) < 4.78 is 50.4. The topological polar surface area (TPSA) is 59.0 Å². The van der Waals surface area contributed by atoms with Gasteiger partial charge in [0.1, 0.15) is 6.61 Å². The first-order valence-corrected chi connectivity index (χ1v) is 7.77. The fourth-order valence-corrected chi connectivity index (χ4v) is 2.37. The molecule has 0 radical (unpaired) electrons. The van der Waals surface area contributed by atoms with E-state index >= 15 is 0 Å². The number of anilines is 1. The van der Waals surface area contributed by atoms with Gasteiger partial charge in [-0.05, 0) is 30.2 Å². The van der Waals surface area contributed by atoms with Crippen molar-refractivity contribution >= 4 is 11.8 Å². The Bertz CT molecular complexity index is 783. The van der Waals surface area contributed by atoms with Gasteiger partial charge >= 0.3 is 6.09 Å². The van der Waals surface area contributed by atoms with E-state index in [4.69, 9.17) is 4.74 Å². The molecule has 2 aromatic rings. The van der Waals surface area contributed by atoms with E-state index in [1.807, 2.05) is 6.92 Å². The van der Waals surface area contributed by atoms with Gasteiger partial charge in [0.05, 0.1) is 12.8 Å². The van der Waals surface area contributed by atoms with Crippen molar-refractivity contribution in [3.8, 4) is 5.75 Å². The Labute approximate surface area is 148 Å². The molecule has 2 aromatic carbocycles. The van der Waals surface area contributed by atoms with Crippen LogP contribution in [0.2, 0.25) is 0 Å². The minimum atomic E-state index is -2.88. The number of amides is 1. The monoisotopic (exact) mass is 369 g/mol. The Hall–Kier alpha value is -2.74. The average molecular weight is 369 g/mol. The van der Waals surface area contributed by atoms with E-state index < -0.39 is 30.5 Å². The number of hydroxylamine groups is 1. The lowest BCUT2D eigenvalue weighted by molar-refractivity contribution is 0.138. The van der Waals surface area contributed by atoms with Crippen molar-refractivity contribution in [2.24, 2.45) is 0 Å². The summed E-state index contributed by atoms with van der Waals surface area (Å²) >= 11 is 0. The van der Waals surface area contributed by atoms with Crippen LogP contribution in [0.4, 0.5) is 23.7 Å². The predicted molar refractivity (Wildman–Crippen MR) is 88.2 cm³/mol.